The first-order chi connectivity index (χ1) is 18.2. The number of pyridine rings is 1. The van der Waals surface area contributed by atoms with Gasteiger partial charge in [-0.15, -0.1) is 5.10 Å². The molecule has 0 spiro atoms. The summed E-state index contributed by atoms with van der Waals surface area (Å²) >= 11 is 0. The zero-order valence-electron chi connectivity index (χ0n) is 21.5. The average Bonchev–Trinajstić information content (AvgIpc) is 3.58. The van der Waals surface area contributed by atoms with Crippen LogP contribution >= 0.6 is 0 Å². The number of hydrogen-bond acceptors (Lipinski definition) is 6. The molecule has 0 fully saturated rings. The van der Waals surface area contributed by atoms with Gasteiger partial charge in [-0.25, -0.2) is 0 Å². The topological polar surface area (TPSA) is 71.5 Å². The van der Waals surface area contributed by atoms with E-state index in [1.165, 1.54) is 23.2 Å². The van der Waals surface area contributed by atoms with Gasteiger partial charge in [0.25, 0.3) is 0 Å². The number of rotatable bonds is 10. The van der Waals surface area contributed by atoms with Crippen molar-refractivity contribution in [2.45, 2.75) is 58.5 Å². The molecule has 0 aliphatic carbocycles. The lowest BCUT2D eigenvalue weighted by atomic mass is 9.95. The Hall–Kier alpha value is -3.81. The monoisotopic (exact) mass is 501 g/mol. The predicted molar refractivity (Wildman–Crippen MR) is 139 cm³/mol. The fourth-order valence-corrected chi connectivity index (χ4v) is 5.18. The maximum Gasteiger partial charge on any atom is 0.231 e. The lowest BCUT2D eigenvalue weighted by molar-refractivity contribution is -0.686. The van der Waals surface area contributed by atoms with Gasteiger partial charge in [-0.2, -0.15) is 4.57 Å². The lowest BCUT2D eigenvalue weighted by Crippen LogP contribution is -2.40. The van der Waals surface area contributed by atoms with E-state index in [2.05, 4.69) is 58.5 Å². The van der Waals surface area contributed by atoms with Crippen LogP contribution in [0.2, 0.25) is 0 Å². The number of benzene rings is 2. The van der Waals surface area contributed by atoms with Gasteiger partial charge in [0.05, 0.1) is 30.4 Å². The van der Waals surface area contributed by atoms with Crippen LogP contribution in [0.25, 0.3) is 22.0 Å². The summed E-state index contributed by atoms with van der Waals surface area (Å²) in [6, 6.07) is 10.6. The number of ether oxygens (including phenoxy) is 4. The van der Waals surface area contributed by atoms with Crippen molar-refractivity contribution in [3.05, 3.63) is 54.0 Å². The molecule has 0 bridgehead atoms. The number of nitrogens with zero attached hydrogens (tertiary/aromatic N) is 4. The number of hydrogen-bond donors (Lipinski definition) is 0. The van der Waals surface area contributed by atoms with Crippen LogP contribution in [0.3, 0.4) is 0 Å². The highest BCUT2D eigenvalue weighted by molar-refractivity contribution is 5.91. The Morgan fingerprint density at radius 1 is 1.08 bits per heavy atom. The van der Waals surface area contributed by atoms with Crippen LogP contribution in [-0.2, 0) is 25.9 Å². The van der Waals surface area contributed by atoms with Crippen molar-refractivity contribution in [3.63, 3.8) is 0 Å². The largest absolute Gasteiger partial charge is 0.493 e. The Morgan fingerprint density at radius 3 is 2.84 bits per heavy atom. The summed E-state index contributed by atoms with van der Waals surface area (Å²) in [5.74, 6) is 3.21. The minimum Gasteiger partial charge on any atom is -0.493 e. The minimum absolute atomic E-state index is 0.287. The van der Waals surface area contributed by atoms with E-state index in [1.54, 1.807) is 7.11 Å². The molecule has 8 nitrogen and oxygen atoms in total. The molecule has 0 saturated heterocycles. The third-order valence-corrected chi connectivity index (χ3v) is 7.20. The van der Waals surface area contributed by atoms with E-state index < -0.39 is 0 Å². The van der Waals surface area contributed by atoms with Gasteiger partial charge in [0.2, 0.25) is 12.5 Å². The Bertz CT molecular complexity index is 1430. The number of methoxy groups -OCH3 is 1. The molecule has 2 aromatic carbocycles. The second-order valence-electron chi connectivity index (χ2n) is 9.70. The Balaban J connectivity index is 1.18. The summed E-state index contributed by atoms with van der Waals surface area (Å²) in [6.45, 7) is 4.83. The summed E-state index contributed by atoms with van der Waals surface area (Å²) in [5, 5.41) is 10.7. The predicted octanol–water partition coefficient (Wildman–Crippen LogP) is 4.88. The van der Waals surface area contributed by atoms with E-state index in [4.69, 9.17) is 18.9 Å². The molecule has 4 heterocycles. The van der Waals surface area contributed by atoms with Crippen molar-refractivity contribution in [2.75, 3.05) is 20.5 Å². The summed E-state index contributed by atoms with van der Waals surface area (Å²) < 4.78 is 27.5. The van der Waals surface area contributed by atoms with Crippen molar-refractivity contribution in [1.82, 2.24) is 15.0 Å². The summed E-state index contributed by atoms with van der Waals surface area (Å²) in [7, 11) is 1.69. The molecule has 0 atom stereocenters. The maximum absolute atomic E-state index is 6.34. The van der Waals surface area contributed by atoms with E-state index in [0.29, 0.717) is 6.61 Å². The molecule has 4 aromatic rings. The molecule has 2 aromatic heterocycles. The van der Waals surface area contributed by atoms with Gasteiger partial charge in [-0.1, -0.05) is 18.6 Å². The van der Waals surface area contributed by atoms with Gasteiger partial charge < -0.3 is 18.9 Å². The van der Waals surface area contributed by atoms with Gasteiger partial charge in [0.1, 0.15) is 0 Å². The van der Waals surface area contributed by atoms with Crippen LogP contribution in [0, 0.1) is 0 Å². The van der Waals surface area contributed by atoms with Crippen molar-refractivity contribution in [3.8, 4) is 34.3 Å². The molecule has 0 N–H and O–H groups in total. The number of aromatic nitrogens is 4. The molecular weight excluding hydrogens is 468 g/mol. The van der Waals surface area contributed by atoms with Crippen LogP contribution < -0.4 is 23.5 Å². The van der Waals surface area contributed by atoms with Crippen molar-refractivity contribution in [1.29, 1.82) is 0 Å². The van der Waals surface area contributed by atoms with E-state index in [9.17, 15) is 0 Å². The fourth-order valence-electron chi connectivity index (χ4n) is 5.18. The summed E-state index contributed by atoms with van der Waals surface area (Å²) in [4.78, 5) is 0. The molecule has 0 amide bonds. The molecule has 2 aliphatic heterocycles. The standard InChI is InChI=1S/C29H33N4O4/c1-3-4-7-22-17-33(31-30-22)11-5-6-13-35-29-24-18-32-12-10-21-15-27-28(37-19-36-27)16-23(21)25(32)14-20(24)8-9-26(29)34-2/h8-9,14-18H,3-7,10-13,19H2,1-2H3/q+1. The summed E-state index contributed by atoms with van der Waals surface area (Å²) in [6.07, 6.45) is 10.4. The highest BCUT2D eigenvalue weighted by atomic mass is 16.7. The number of unbranched alkanes of at least 4 members (excludes halogenated alkanes) is 2. The minimum atomic E-state index is 0.287. The third kappa shape index (κ3) is 4.68. The van der Waals surface area contributed by atoms with Crippen LogP contribution in [0.4, 0.5) is 0 Å². The zero-order valence-corrected chi connectivity index (χ0v) is 21.5. The first-order valence-electron chi connectivity index (χ1n) is 13.2. The molecule has 0 saturated carbocycles. The zero-order chi connectivity index (χ0) is 25.2. The molecule has 37 heavy (non-hydrogen) atoms. The van der Waals surface area contributed by atoms with Crippen LogP contribution in [0.5, 0.6) is 23.0 Å². The second kappa shape index (κ2) is 10.3. The lowest BCUT2D eigenvalue weighted by Gasteiger charge is -2.18. The SMILES string of the molecule is CCCCc1cn(CCCCOc2c(OC)ccc3cc4[n+](cc23)CCc2cc3c(cc2-4)OCO3)nn1. The molecular formula is C29H33N4O4+. The quantitative estimate of drug-likeness (QED) is 0.228. The van der Waals surface area contributed by atoms with Gasteiger partial charge in [-0.3, -0.25) is 4.68 Å². The smallest absolute Gasteiger partial charge is 0.231 e. The molecule has 2 aliphatic rings. The third-order valence-electron chi connectivity index (χ3n) is 7.20. The average molecular weight is 502 g/mol. The molecule has 8 heteroatoms. The van der Waals surface area contributed by atoms with Gasteiger partial charge >= 0.3 is 0 Å². The van der Waals surface area contributed by atoms with Crippen molar-refractivity contribution in [2.24, 2.45) is 0 Å². The van der Waals surface area contributed by atoms with E-state index in [-0.39, 0.29) is 6.79 Å². The molecule has 0 radical (unpaired) electrons. The maximum atomic E-state index is 6.34. The summed E-state index contributed by atoms with van der Waals surface area (Å²) in [5.41, 5.74) is 4.74. The second-order valence-corrected chi connectivity index (χ2v) is 9.70. The molecule has 192 valence electrons. The van der Waals surface area contributed by atoms with E-state index in [1.807, 2.05) is 10.7 Å². The van der Waals surface area contributed by atoms with E-state index >= 15 is 0 Å². The Morgan fingerprint density at radius 2 is 1.97 bits per heavy atom. The van der Waals surface area contributed by atoms with Gasteiger partial charge in [0, 0.05) is 25.2 Å². The molecule has 0 unspecified atom stereocenters. The Labute approximate surface area is 216 Å². The first kappa shape index (κ1) is 23.6. The Kier molecular flexibility index (Phi) is 6.55. The number of fused-ring (bicyclic) bond motifs is 5. The first-order valence-corrected chi connectivity index (χ1v) is 13.2. The van der Waals surface area contributed by atoms with Crippen molar-refractivity contribution < 1.29 is 23.5 Å². The highest BCUT2D eigenvalue weighted by Crippen LogP contribution is 2.41. The normalized spacial score (nSPS) is 13.5. The van der Waals surface area contributed by atoms with Crippen LogP contribution in [-0.4, -0.2) is 35.5 Å². The van der Waals surface area contributed by atoms with Gasteiger partial charge in [-0.05, 0) is 60.9 Å². The van der Waals surface area contributed by atoms with Crippen molar-refractivity contribution >= 4 is 10.8 Å². The highest BCUT2D eigenvalue weighted by Gasteiger charge is 2.28. The number of aryl methyl sites for hydroxylation is 4. The molecule has 6 rings (SSSR count). The fraction of sp³-hybridized carbons (Fsp3) is 0.414. The van der Waals surface area contributed by atoms with Gasteiger partial charge in [0.15, 0.2) is 35.7 Å². The van der Waals surface area contributed by atoms with Crippen LogP contribution in [0.1, 0.15) is 43.9 Å². The van der Waals surface area contributed by atoms with Crippen LogP contribution in [0.15, 0.2) is 42.7 Å². The van der Waals surface area contributed by atoms with E-state index in [0.717, 1.165) is 84.7 Å².